The average Bonchev–Trinajstić information content (AvgIpc) is 3.12. The van der Waals surface area contributed by atoms with E-state index in [1.807, 2.05) is 24.5 Å². The number of hydrogen-bond acceptors (Lipinski definition) is 3. The topological polar surface area (TPSA) is 58.4 Å². The molecule has 6 heteroatoms. The van der Waals surface area contributed by atoms with E-state index in [1.165, 1.54) is 17.7 Å². The molecule has 0 saturated heterocycles. The molecule has 1 aliphatic carbocycles. The smallest absolute Gasteiger partial charge is 0.256 e. The van der Waals surface area contributed by atoms with E-state index in [0.717, 1.165) is 36.6 Å². The lowest BCUT2D eigenvalue weighted by atomic mass is 9.83. The van der Waals surface area contributed by atoms with Gasteiger partial charge in [0.15, 0.2) is 0 Å². The summed E-state index contributed by atoms with van der Waals surface area (Å²) < 4.78 is 16.1. The molecule has 1 saturated carbocycles. The van der Waals surface area contributed by atoms with Crippen LogP contribution in [0.3, 0.4) is 0 Å². The Kier molecular flexibility index (Phi) is 5.60. The van der Waals surface area contributed by atoms with Crippen molar-refractivity contribution in [1.29, 1.82) is 0 Å². The van der Waals surface area contributed by atoms with Crippen LogP contribution in [-0.2, 0) is 0 Å². The van der Waals surface area contributed by atoms with Crippen molar-refractivity contribution in [1.82, 2.24) is 14.5 Å². The first kappa shape index (κ1) is 20.5. The number of nitrogens with zero attached hydrogens (tertiary/aromatic N) is 3. The van der Waals surface area contributed by atoms with Gasteiger partial charge in [-0.1, -0.05) is 0 Å². The Morgan fingerprint density at radius 2 is 1.97 bits per heavy atom. The molecule has 158 valence electrons. The second-order valence-corrected chi connectivity index (χ2v) is 8.52. The van der Waals surface area contributed by atoms with Gasteiger partial charge >= 0.3 is 0 Å². The zero-order chi connectivity index (χ0) is 21.4. The summed E-state index contributed by atoms with van der Waals surface area (Å²) in [5.74, 6) is -0.305. The number of aliphatic hydroxyl groups excluding tert-OH is 1. The number of aromatic nitrogens is 2. The van der Waals surface area contributed by atoms with Crippen molar-refractivity contribution in [3.8, 4) is 5.69 Å². The van der Waals surface area contributed by atoms with Gasteiger partial charge in [-0.3, -0.25) is 9.78 Å². The highest BCUT2D eigenvalue weighted by Crippen LogP contribution is 2.38. The number of pyridine rings is 1. The number of rotatable bonds is 4. The second-order valence-electron chi connectivity index (χ2n) is 8.52. The van der Waals surface area contributed by atoms with Gasteiger partial charge in [-0.2, -0.15) is 0 Å². The summed E-state index contributed by atoms with van der Waals surface area (Å²) in [6, 6.07) is 6.37. The fourth-order valence-corrected chi connectivity index (χ4v) is 4.33. The molecule has 2 aromatic heterocycles. The summed E-state index contributed by atoms with van der Waals surface area (Å²) in [4.78, 5) is 19.0. The van der Waals surface area contributed by atoms with Gasteiger partial charge in [-0.15, -0.1) is 0 Å². The average molecular weight is 410 g/mol. The number of aliphatic hydroxyl groups is 1. The van der Waals surface area contributed by atoms with Crippen LogP contribution >= 0.6 is 0 Å². The molecule has 1 N–H and O–H groups in total. The van der Waals surface area contributed by atoms with Crippen molar-refractivity contribution in [2.75, 3.05) is 7.05 Å². The van der Waals surface area contributed by atoms with Gasteiger partial charge in [0.2, 0.25) is 0 Å². The number of halogens is 1. The molecular formula is C24H28FN3O2. The van der Waals surface area contributed by atoms with Gasteiger partial charge < -0.3 is 14.6 Å². The summed E-state index contributed by atoms with van der Waals surface area (Å²) >= 11 is 0. The van der Waals surface area contributed by atoms with E-state index in [1.54, 1.807) is 30.4 Å². The first-order chi connectivity index (χ1) is 14.4. The van der Waals surface area contributed by atoms with Crippen molar-refractivity contribution in [3.63, 3.8) is 0 Å². The normalized spacial score (nSPS) is 19.4. The van der Waals surface area contributed by atoms with Crippen LogP contribution in [-0.4, -0.2) is 44.7 Å². The third-order valence-electron chi connectivity index (χ3n) is 6.32. The van der Waals surface area contributed by atoms with Crippen molar-refractivity contribution >= 4 is 16.8 Å². The summed E-state index contributed by atoms with van der Waals surface area (Å²) in [7, 11) is 1.73. The predicted octanol–water partition coefficient (Wildman–Crippen LogP) is 4.66. The number of fused-ring (bicyclic) bond motifs is 1. The third kappa shape index (κ3) is 3.72. The largest absolute Gasteiger partial charge is 0.393 e. The monoisotopic (exact) mass is 409 g/mol. The molecule has 4 rings (SSSR count). The maximum absolute atomic E-state index is 14.1. The van der Waals surface area contributed by atoms with Gasteiger partial charge in [-0.25, -0.2) is 4.39 Å². The van der Waals surface area contributed by atoms with Crippen LogP contribution in [0.25, 0.3) is 16.6 Å². The minimum Gasteiger partial charge on any atom is -0.393 e. The van der Waals surface area contributed by atoms with E-state index in [-0.39, 0.29) is 18.1 Å². The summed E-state index contributed by atoms with van der Waals surface area (Å²) in [5.41, 5.74) is 3.07. The molecule has 2 heterocycles. The van der Waals surface area contributed by atoms with E-state index in [4.69, 9.17) is 0 Å². The molecule has 30 heavy (non-hydrogen) atoms. The zero-order valence-electron chi connectivity index (χ0n) is 17.7. The van der Waals surface area contributed by atoms with Crippen LogP contribution in [0.2, 0.25) is 0 Å². The van der Waals surface area contributed by atoms with Crippen LogP contribution in [0.1, 0.15) is 61.4 Å². The van der Waals surface area contributed by atoms with Crippen LogP contribution in [0.15, 0.2) is 42.9 Å². The number of carbonyl (C=O) groups excluding carboxylic acids is 1. The molecule has 0 atom stereocenters. The van der Waals surface area contributed by atoms with Gasteiger partial charge in [0.05, 0.1) is 29.1 Å². The molecule has 1 amide bonds. The second kappa shape index (κ2) is 8.19. The van der Waals surface area contributed by atoms with Crippen molar-refractivity contribution in [3.05, 3.63) is 59.8 Å². The highest BCUT2D eigenvalue weighted by atomic mass is 19.1. The maximum atomic E-state index is 14.1. The van der Waals surface area contributed by atoms with Crippen LogP contribution < -0.4 is 0 Å². The van der Waals surface area contributed by atoms with Crippen molar-refractivity contribution in [2.24, 2.45) is 0 Å². The fraction of sp³-hybridized carbons (Fsp3) is 0.417. The first-order valence-electron chi connectivity index (χ1n) is 10.6. The Morgan fingerprint density at radius 3 is 2.67 bits per heavy atom. The fourth-order valence-electron chi connectivity index (χ4n) is 4.33. The van der Waals surface area contributed by atoms with Gasteiger partial charge in [0, 0.05) is 30.9 Å². The van der Waals surface area contributed by atoms with E-state index in [9.17, 15) is 14.3 Å². The van der Waals surface area contributed by atoms with Gasteiger partial charge in [-0.05, 0) is 75.3 Å². The number of carbonyl (C=O) groups is 1. The van der Waals surface area contributed by atoms with E-state index < -0.39 is 5.82 Å². The van der Waals surface area contributed by atoms with Crippen LogP contribution in [0, 0.1) is 5.82 Å². The standard InChI is InChI=1S/C24H28FN3O2/c1-15(2)27(3)24(30)20-12-17(25)6-9-22(20)28-14-21(16-4-7-18(29)8-5-16)19-10-11-26-13-23(19)28/h6,9-16,18,29H,4-5,7-8H2,1-3H3. The highest BCUT2D eigenvalue weighted by Gasteiger charge is 2.26. The zero-order valence-corrected chi connectivity index (χ0v) is 17.7. The number of benzene rings is 1. The molecule has 3 aromatic rings. The molecule has 0 bridgehead atoms. The minimum atomic E-state index is -0.435. The summed E-state index contributed by atoms with van der Waals surface area (Å²) in [6.45, 7) is 3.86. The Bertz CT molecular complexity index is 1070. The third-order valence-corrected chi connectivity index (χ3v) is 6.32. The molecule has 1 aromatic carbocycles. The van der Waals surface area contributed by atoms with E-state index in [2.05, 4.69) is 11.2 Å². The molecule has 0 radical (unpaired) electrons. The van der Waals surface area contributed by atoms with Gasteiger partial charge in [0.25, 0.3) is 5.91 Å². The van der Waals surface area contributed by atoms with E-state index in [0.29, 0.717) is 17.2 Å². The lowest BCUT2D eigenvalue weighted by molar-refractivity contribution is 0.0754. The quantitative estimate of drug-likeness (QED) is 0.682. The Labute approximate surface area is 176 Å². The molecule has 0 unspecified atom stereocenters. The summed E-state index contributed by atoms with van der Waals surface area (Å²) in [5, 5.41) is 11.0. The molecule has 0 spiro atoms. The predicted molar refractivity (Wildman–Crippen MR) is 115 cm³/mol. The lowest BCUT2D eigenvalue weighted by Gasteiger charge is -2.25. The molecule has 5 nitrogen and oxygen atoms in total. The first-order valence-corrected chi connectivity index (χ1v) is 10.6. The number of amides is 1. The summed E-state index contributed by atoms with van der Waals surface area (Å²) in [6.07, 6.45) is 8.85. The van der Waals surface area contributed by atoms with Crippen LogP contribution in [0.5, 0.6) is 0 Å². The van der Waals surface area contributed by atoms with E-state index >= 15 is 0 Å². The Hall–Kier alpha value is -2.73. The lowest BCUT2D eigenvalue weighted by Crippen LogP contribution is -2.33. The SMILES string of the molecule is CC(C)N(C)C(=O)c1cc(F)ccc1-n1cc(C2CCC(O)CC2)c2ccncc21. The highest BCUT2D eigenvalue weighted by molar-refractivity contribution is 5.99. The van der Waals surface area contributed by atoms with Crippen LogP contribution in [0.4, 0.5) is 4.39 Å². The Balaban J connectivity index is 1.86. The van der Waals surface area contributed by atoms with Crippen molar-refractivity contribution in [2.45, 2.75) is 57.6 Å². The molecule has 1 fully saturated rings. The Morgan fingerprint density at radius 1 is 1.23 bits per heavy atom. The molecule has 1 aliphatic rings. The minimum absolute atomic E-state index is 0.000850. The maximum Gasteiger partial charge on any atom is 0.256 e. The molecular weight excluding hydrogens is 381 g/mol. The molecule has 0 aliphatic heterocycles. The number of hydrogen-bond donors (Lipinski definition) is 1. The van der Waals surface area contributed by atoms with Crippen molar-refractivity contribution < 1.29 is 14.3 Å². The van der Waals surface area contributed by atoms with Gasteiger partial charge in [0.1, 0.15) is 5.82 Å².